The molecule has 0 amide bonds. The summed E-state index contributed by atoms with van der Waals surface area (Å²) in [6, 6.07) is 1.36. The highest BCUT2D eigenvalue weighted by molar-refractivity contribution is 4.79. The van der Waals surface area contributed by atoms with E-state index in [2.05, 4.69) is 31.0 Å². The first-order chi connectivity index (χ1) is 8.67. The van der Waals surface area contributed by atoms with Crippen LogP contribution in [0.4, 0.5) is 0 Å². The number of unbranched alkanes of at least 4 members (excludes halogenated alkanes) is 1. The number of rotatable bonds is 8. The van der Waals surface area contributed by atoms with E-state index in [9.17, 15) is 0 Å². The second-order valence-electron chi connectivity index (χ2n) is 5.72. The van der Waals surface area contributed by atoms with E-state index < -0.39 is 0 Å². The molecule has 0 radical (unpaired) electrons. The molecule has 3 atom stereocenters. The Balaban J connectivity index is 2.09. The molecule has 1 aliphatic heterocycles. The Kier molecular flexibility index (Phi) is 7.87. The van der Waals surface area contributed by atoms with E-state index in [0.29, 0.717) is 18.2 Å². The van der Waals surface area contributed by atoms with Crippen molar-refractivity contribution >= 4 is 0 Å². The molecule has 0 bridgehead atoms. The van der Waals surface area contributed by atoms with E-state index in [-0.39, 0.29) is 0 Å². The van der Waals surface area contributed by atoms with Crippen molar-refractivity contribution in [3.05, 3.63) is 0 Å². The lowest BCUT2D eigenvalue weighted by atomic mass is 10.00. The SMILES string of the molecule is CCNC(C)CCCCN1CCC(OC)CC1C. The maximum Gasteiger partial charge on any atom is 0.0598 e. The number of hydrogen-bond acceptors (Lipinski definition) is 3. The largest absolute Gasteiger partial charge is 0.381 e. The first-order valence-electron chi connectivity index (χ1n) is 7.67. The number of hydrogen-bond donors (Lipinski definition) is 1. The molecule has 0 aliphatic carbocycles. The van der Waals surface area contributed by atoms with Gasteiger partial charge in [-0.1, -0.05) is 13.3 Å². The molecule has 3 nitrogen and oxygen atoms in total. The summed E-state index contributed by atoms with van der Waals surface area (Å²) in [4.78, 5) is 2.63. The van der Waals surface area contributed by atoms with E-state index in [0.717, 1.165) is 6.54 Å². The molecule has 0 spiro atoms. The standard InChI is InChI=1S/C15H32N2O/c1-5-16-13(2)8-6-7-10-17-11-9-15(18-4)12-14(17)3/h13-16H,5-12H2,1-4H3. The van der Waals surface area contributed by atoms with Gasteiger partial charge >= 0.3 is 0 Å². The number of nitrogens with zero attached hydrogens (tertiary/aromatic N) is 1. The second-order valence-corrected chi connectivity index (χ2v) is 5.72. The summed E-state index contributed by atoms with van der Waals surface area (Å²) in [6.45, 7) is 10.4. The van der Waals surface area contributed by atoms with Crippen molar-refractivity contribution in [2.45, 2.75) is 71.1 Å². The molecule has 0 aromatic heterocycles. The summed E-state index contributed by atoms with van der Waals surface area (Å²) in [7, 11) is 1.84. The average Bonchev–Trinajstić information content (AvgIpc) is 2.36. The number of piperidine rings is 1. The normalized spacial score (nSPS) is 27.3. The van der Waals surface area contributed by atoms with Crippen molar-refractivity contribution in [2.75, 3.05) is 26.7 Å². The molecule has 1 N–H and O–H groups in total. The predicted octanol–water partition coefficient (Wildman–Crippen LogP) is 2.65. The molecule has 1 fully saturated rings. The molecule has 1 saturated heterocycles. The Morgan fingerprint density at radius 1 is 1.39 bits per heavy atom. The molecule has 1 aliphatic rings. The van der Waals surface area contributed by atoms with Gasteiger partial charge in [0.25, 0.3) is 0 Å². The van der Waals surface area contributed by atoms with Crippen LogP contribution in [0.5, 0.6) is 0 Å². The fraction of sp³-hybridized carbons (Fsp3) is 1.00. The van der Waals surface area contributed by atoms with Crippen LogP contribution in [0.25, 0.3) is 0 Å². The van der Waals surface area contributed by atoms with E-state index in [1.165, 1.54) is 45.2 Å². The predicted molar refractivity (Wildman–Crippen MR) is 78.1 cm³/mol. The summed E-state index contributed by atoms with van der Waals surface area (Å²) >= 11 is 0. The third-order valence-corrected chi connectivity index (χ3v) is 4.18. The zero-order valence-electron chi connectivity index (χ0n) is 12.7. The zero-order valence-corrected chi connectivity index (χ0v) is 12.7. The van der Waals surface area contributed by atoms with Crippen LogP contribution in [0.1, 0.15) is 52.9 Å². The van der Waals surface area contributed by atoms with Gasteiger partial charge in [0.1, 0.15) is 0 Å². The molecule has 0 aromatic carbocycles. The third-order valence-electron chi connectivity index (χ3n) is 4.18. The van der Waals surface area contributed by atoms with Crippen LogP contribution < -0.4 is 5.32 Å². The first kappa shape index (κ1) is 15.9. The molecule has 0 saturated carbocycles. The molecule has 1 rings (SSSR count). The van der Waals surface area contributed by atoms with Crippen LogP contribution in [-0.4, -0.2) is 49.8 Å². The van der Waals surface area contributed by atoms with Crippen LogP contribution >= 0.6 is 0 Å². The van der Waals surface area contributed by atoms with Crippen molar-refractivity contribution in [1.29, 1.82) is 0 Å². The van der Waals surface area contributed by atoms with Crippen LogP contribution in [0.2, 0.25) is 0 Å². The Labute approximate surface area is 113 Å². The van der Waals surface area contributed by atoms with Crippen LogP contribution in [-0.2, 0) is 4.74 Å². The maximum atomic E-state index is 5.46. The molecule has 3 unspecified atom stereocenters. The lowest BCUT2D eigenvalue weighted by Gasteiger charge is -2.37. The van der Waals surface area contributed by atoms with Gasteiger partial charge < -0.3 is 15.0 Å². The van der Waals surface area contributed by atoms with Gasteiger partial charge in [-0.15, -0.1) is 0 Å². The van der Waals surface area contributed by atoms with Gasteiger partial charge in [-0.2, -0.15) is 0 Å². The van der Waals surface area contributed by atoms with Gasteiger partial charge in [0.2, 0.25) is 0 Å². The van der Waals surface area contributed by atoms with Crippen LogP contribution in [0, 0.1) is 0 Å². The van der Waals surface area contributed by atoms with Crippen molar-refractivity contribution in [3.8, 4) is 0 Å². The van der Waals surface area contributed by atoms with Gasteiger partial charge in [0, 0.05) is 25.7 Å². The quantitative estimate of drug-likeness (QED) is 0.676. The van der Waals surface area contributed by atoms with Gasteiger partial charge in [0.15, 0.2) is 0 Å². The Bertz CT molecular complexity index is 211. The van der Waals surface area contributed by atoms with E-state index >= 15 is 0 Å². The van der Waals surface area contributed by atoms with Crippen LogP contribution in [0.15, 0.2) is 0 Å². The van der Waals surface area contributed by atoms with E-state index in [4.69, 9.17) is 4.74 Å². The molecule has 1 heterocycles. The Morgan fingerprint density at radius 3 is 2.78 bits per heavy atom. The minimum absolute atomic E-state index is 0.491. The van der Waals surface area contributed by atoms with Crippen LogP contribution in [0.3, 0.4) is 0 Å². The van der Waals surface area contributed by atoms with E-state index in [1.54, 1.807) is 0 Å². The van der Waals surface area contributed by atoms with Gasteiger partial charge in [-0.25, -0.2) is 0 Å². The zero-order chi connectivity index (χ0) is 13.4. The Hall–Kier alpha value is -0.120. The minimum atomic E-state index is 0.491. The molecular weight excluding hydrogens is 224 g/mol. The van der Waals surface area contributed by atoms with E-state index in [1.807, 2.05) is 7.11 Å². The highest BCUT2D eigenvalue weighted by Crippen LogP contribution is 2.19. The highest BCUT2D eigenvalue weighted by atomic mass is 16.5. The lowest BCUT2D eigenvalue weighted by molar-refractivity contribution is 0.0154. The molecule has 108 valence electrons. The molecular formula is C15H32N2O. The minimum Gasteiger partial charge on any atom is -0.381 e. The summed E-state index contributed by atoms with van der Waals surface area (Å²) in [5.74, 6) is 0. The van der Waals surface area contributed by atoms with Crippen molar-refractivity contribution in [3.63, 3.8) is 0 Å². The fourth-order valence-electron chi connectivity index (χ4n) is 2.94. The molecule has 0 aromatic rings. The molecule has 18 heavy (non-hydrogen) atoms. The van der Waals surface area contributed by atoms with Crippen molar-refractivity contribution in [2.24, 2.45) is 0 Å². The van der Waals surface area contributed by atoms with Crippen molar-refractivity contribution in [1.82, 2.24) is 10.2 Å². The van der Waals surface area contributed by atoms with Gasteiger partial charge in [-0.3, -0.25) is 0 Å². The first-order valence-corrected chi connectivity index (χ1v) is 7.67. The number of nitrogens with one attached hydrogen (secondary N) is 1. The lowest BCUT2D eigenvalue weighted by Crippen LogP contribution is -2.43. The van der Waals surface area contributed by atoms with Crippen molar-refractivity contribution < 1.29 is 4.74 Å². The summed E-state index contributed by atoms with van der Waals surface area (Å²) < 4.78 is 5.46. The maximum absolute atomic E-state index is 5.46. The number of methoxy groups -OCH3 is 1. The number of likely N-dealkylation sites (tertiary alicyclic amines) is 1. The van der Waals surface area contributed by atoms with Gasteiger partial charge in [0.05, 0.1) is 6.10 Å². The second kappa shape index (κ2) is 8.89. The smallest absolute Gasteiger partial charge is 0.0598 e. The highest BCUT2D eigenvalue weighted by Gasteiger charge is 2.24. The monoisotopic (exact) mass is 256 g/mol. The average molecular weight is 256 g/mol. The summed E-state index contributed by atoms with van der Waals surface area (Å²) in [6.07, 6.45) is 6.86. The topological polar surface area (TPSA) is 24.5 Å². The van der Waals surface area contributed by atoms with Gasteiger partial charge in [-0.05, 0) is 52.6 Å². The Morgan fingerprint density at radius 2 is 2.17 bits per heavy atom. The summed E-state index contributed by atoms with van der Waals surface area (Å²) in [5, 5.41) is 3.48. The third kappa shape index (κ3) is 5.68. The summed E-state index contributed by atoms with van der Waals surface area (Å²) in [5.41, 5.74) is 0. The number of ether oxygens (including phenoxy) is 1. The molecule has 3 heteroatoms. The fourth-order valence-corrected chi connectivity index (χ4v) is 2.94.